The fraction of sp³-hybridized carbons (Fsp3) is 0.333. The minimum absolute atomic E-state index is 0.644. The molecule has 1 aliphatic carbocycles. The lowest BCUT2D eigenvalue weighted by Gasteiger charge is -2.34. The van der Waals surface area contributed by atoms with Crippen molar-refractivity contribution in [1.82, 2.24) is 0 Å². The van der Waals surface area contributed by atoms with Crippen LogP contribution in [0.5, 0.6) is 5.75 Å². The van der Waals surface area contributed by atoms with E-state index in [1.807, 2.05) is 30.3 Å². The number of aliphatic hydroxyl groups is 1. The summed E-state index contributed by atoms with van der Waals surface area (Å²) in [6.45, 7) is 0. The topological polar surface area (TPSA) is 29.5 Å². The van der Waals surface area contributed by atoms with Gasteiger partial charge in [0, 0.05) is 12.8 Å². The van der Waals surface area contributed by atoms with Gasteiger partial charge in [-0.05, 0) is 35.6 Å². The molecule has 0 aromatic heterocycles. The summed E-state index contributed by atoms with van der Waals surface area (Å²) in [5, 5.41) is 10.9. The smallest absolute Gasteiger partial charge is 0.122 e. The van der Waals surface area contributed by atoms with Crippen molar-refractivity contribution in [2.45, 2.75) is 31.3 Å². The van der Waals surface area contributed by atoms with Crippen molar-refractivity contribution in [3.63, 3.8) is 0 Å². The van der Waals surface area contributed by atoms with E-state index in [1.54, 1.807) is 7.11 Å². The molecule has 0 radical (unpaired) electrons. The molecule has 20 heavy (non-hydrogen) atoms. The van der Waals surface area contributed by atoms with Crippen LogP contribution in [0, 0.1) is 0 Å². The molecule has 2 nitrogen and oxygen atoms in total. The zero-order valence-electron chi connectivity index (χ0n) is 11.8. The van der Waals surface area contributed by atoms with Gasteiger partial charge in [0.2, 0.25) is 0 Å². The molecular weight excluding hydrogens is 248 g/mol. The van der Waals surface area contributed by atoms with E-state index in [4.69, 9.17) is 4.74 Å². The maximum atomic E-state index is 10.9. The standard InChI is InChI=1S/C18H20O2/c1-20-17-9-5-4-8-16(17)13-18(19)11-10-14-6-2-3-7-15(14)12-18/h2-9,19H,10-13H2,1H3. The Morgan fingerprint density at radius 3 is 2.55 bits per heavy atom. The van der Waals surface area contributed by atoms with Gasteiger partial charge >= 0.3 is 0 Å². The number of benzene rings is 2. The summed E-state index contributed by atoms with van der Waals surface area (Å²) in [5.41, 5.74) is 3.06. The normalized spacial score (nSPS) is 21.3. The van der Waals surface area contributed by atoms with Crippen molar-refractivity contribution in [1.29, 1.82) is 0 Å². The molecular formula is C18H20O2. The molecule has 0 amide bonds. The van der Waals surface area contributed by atoms with Crippen molar-refractivity contribution in [3.8, 4) is 5.75 Å². The highest BCUT2D eigenvalue weighted by Crippen LogP contribution is 2.33. The largest absolute Gasteiger partial charge is 0.496 e. The molecule has 0 aliphatic heterocycles. The first-order chi connectivity index (χ1) is 9.70. The highest BCUT2D eigenvalue weighted by molar-refractivity contribution is 5.37. The molecule has 0 spiro atoms. The molecule has 3 rings (SSSR count). The highest BCUT2D eigenvalue weighted by Gasteiger charge is 2.32. The van der Waals surface area contributed by atoms with Gasteiger partial charge in [-0.15, -0.1) is 0 Å². The predicted molar refractivity (Wildman–Crippen MR) is 80.1 cm³/mol. The van der Waals surface area contributed by atoms with Gasteiger partial charge in [-0.25, -0.2) is 0 Å². The Hall–Kier alpha value is -1.80. The summed E-state index contributed by atoms with van der Waals surface area (Å²) in [4.78, 5) is 0. The van der Waals surface area contributed by atoms with E-state index in [9.17, 15) is 5.11 Å². The van der Waals surface area contributed by atoms with E-state index in [2.05, 4.69) is 18.2 Å². The molecule has 2 heteroatoms. The van der Waals surface area contributed by atoms with Crippen LogP contribution in [0.25, 0.3) is 0 Å². The molecule has 1 N–H and O–H groups in total. The second kappa shape index (κ2) is 5.29. The van der Waals surface area contributed by atoms with Crippen LogP contribution in [0.15, 0.2) is 48.5 Å². The highest BCUT2D eigenvalue weighted by atomic mass is 16.5. The number of hydrogen-bond donors (Lipinski definition) is 1. The molecule has 1 unspecified atom stereocenters. The average Bonchev–Trinajstić information content (AvgIpc) is 2.47. The van der Waals surface area contributed by atoms with Gasteiger partial charge in [0.25, 0.3) is 0 Å². The first kappa shape index (κ1) is 13.2. The average molecular weight is 268 g/mol. The SMILES string of the molecule is COc1ccccc1CC1(O)CCc2ccccc2C1. The number of methoxy groups -OCH3 is 1. The Morgan fingerprint density at radius 1 is 1.05 bits per heavy atom. The number of para-hydroxylation sites is 1. The zero-order valence-corrected chi connectivity index (χ0v) is 11.8. The summed E-state index contributed by atoms with van der Waals surface area (Å²) in [5.74, 6) is 0.861. The van der Waals surface area contributed by atoms with E-state index in [0.717, 1.165) is 30.6 Å². The Bertz CT molecular complexity index is 606. The lowest BCUT2D eigenvalue weighted by Crippen LogP contribution is -2.38. The Balaban J connectivity index is 1.84. The van der Waals surface area contributed by atoms with E-state index < -0.39 is 5.60 Å². The first-order valence-electron chi connectivity index (χ1n) is 7.11. The molecule has 1 aliphatic rings. The molecule has 104 valence electrons. The third-order valence-electron chi connectivity index (χ3n) is 4.21. The van der Waals surface area contributed by atoms with Crippen LogP contribution >= 0.6 is 0 Å². The number of ether oxygens (including phenoxy) is 1. The summed E-state index contributed by atoms with van der Waals surface area (Å²) in [6.07, 6.45) is 3.12. The molecule has 0 saturated heterocycles. The number of rotatable bonds is 3. The van der Waals surface area contributed by atoms with E-state index in [1.165, 1.54) is 11.1 Å². The molecule has 0 saturated carbocycles. The van der Waals surface area contributed by atoms with Gasteiger partial charge in [0.05, 0.1) is 12.7 Å². The number of hydrogen-bond acceptors (Lipinski definition) is 2. The van der Waals surface area contributed by atoms with Crippen molar-refractivity contribution in [2.75, 3.05) is 7.11 Å². The van der Waals surface area contributed by atoms with Crippen LogP contribution in [0.1, 0.15) is 23.1 Å². The molecule has 0 bridgehead atoms. The number of fused-ring (bicyclic) bond motifs is 1. The molecule has 0 heterocycles. The van der Waals surface area contributed by atoms with E-state index in [0.29, 0.717) is 6.42 Å². The van der Waals surface area contributed by atoms with Crippen molar-refractivity contribution in [2.24, 2.45) is 0 Å². The Morgan fingerprint density at radius 2 is 1.75 bits per heavy atom. The van der Waals surface area contributed by atoms with Crippen LogP contribution in [0.3, 0.4) is 0 Å². The minimum atomic E-state index is -0.664. The molecule has 2 aromatic rings. The summed E-state index contributed by atoms with van der Waals surface area (Å²) >= 11 is 0. The second-order valence-electron chi connectivity index (χ2n) is 5.66. The van der Waals surface area contributed by atoms with Crippen LogP contribution < -0.4 is 4.74 Å². The van der Waals surface area contributed by atoms with Crippen molar-refractivity contribution >= 4 is 0 Å². The van der Waals surface area contributed by atoms with Crippen molar-refractivity contribution in [3.05, 3.63) is 65.2 Å². The fourth-order valence-corrected chi connectivity index (χ4v) is 3.14. The molecule has 2 aromatic carbocycles. The third kappa shape index (κ3) is 2.56. The quantitative estimate of drug-likeness (QED) is 0.926. The molecule has 0 fully saturated rings. The Kier molecular flexibility index (Phi) is 3.49. The minimum Gasteiger partial charge on any atom is -0.496 e. The van der Waals surface area contributed by atoms with E-state index in [-0.39, 0.29) is 0 Å². The van der Waals surface area contributed by atoms with Gasteiger partial charge in [-0.1, -0.05) is 42.5 Å². The van der Waals surface area contributed by atoms with E-state index >= 15 is 0 Å². The van der Waals surface area contributed by atoms with Gasteiger partial charge < -0.3 is 9.84 Å². The van der Waals surface area contributed by atoms with Crippen LogP contribution in [0.2, 0.25) is 0 Å². The maximum Gasteiger partial charge on any atom is 0.122 e. The van der Waals surface area contributed by atoms with Crippen LogP contribution in [-0.2, 0) is 19.3 Å². The van der Waals surface area contributed by atoms with Gasteiger partial charge in [-0.2, -0.15) is 0 Å². The summed E-state index contributed by atoms with van der Waals surface area (Å²) in [7, 11) is 1.68. The Labute approximate surface area is 120 Å². The van der Waals surface area contributed by atoms with Gasteiger partial charge in [-0.3, -0.25) is 0 Å². The lowest BCUT2D eigenvalue weighted by molar-refractivity contribution is 0.0262. The third-order valence-corrected chi connectivity index (χ3v) is 4.21. The first-order valence-corrected chi connectivity index (χ1v) is 7.11. The monoisotopic (exact) mass is 268 g/mol. The van der Waals surface area contributed by atoms with Crippen molar-refractivity contribution < 1.29 is 9.84 Å². The second-order valence-corrected chi connectivity index (χ2v) is 5.66. The predicted octanol–water partition coefficient (Wildman–Crippen LogP) is 3.16. The fourth-order valence-electron chi connectivity index (χ4n) is 3.14. The van der Waals surface area contributed by atoms with Crippen LogP contribution in [0.4, 0.5) is 0 Å². The van der Waals surface area contributed by atoms with Gasteiger partial charge in [0.15, 0.2) is 0 Å². The summed E-state index contributed by atoms with van der Waals surface area (Å²) < 4.78 is 5.39. The van der Waals surface area contributed by atoms with Gasteiger partial charge in [0.1, 0.15) is 5.75 Å². The maximum absolute atomic E-state index is 10.9. The van der Waals surface area contributed by atoms with Crippen LogP contribution in [-0.4, -0.2) is 17.8 Å². The summed E-state index contributed by atoms with van der Waals surface area (Å²) in [6, 6.07) is 16.4. The number of aryl methyl sites for hydroxylation is 1. The zero-order chi connectivity index (χ0) is 14.0. The molecule has 1 atom stereocenters. The lowest BCUT2D eigenvalue weighted by atomic mass is 9.77.